The second-order valence-corrected chi connectivity index (χ2v) is 6.38. The molecule has 0 bridgehead atoms. The van der Waals surface area contributed by atoms with Crippen LogP contribution in [0.4, 0.5) is 13.2 Å². The normalized spacial score (nSPS) is 12.4. The number of alkyl halides is 3. The highest BCUT2D eigenvalue weighted by Gasteiger charge is 2.34. The lowest BCUT2D eigenvalue weighted by atomic mass is 9.98. The summed E-state index contributed by atoms with van der Waals surface area (Å²) in [7, 11) is 3.93. The molecule has 12 heteroatoms. The molecule has 0 atom stereocenters. The molecule has 1 aromatic carbocycles. The molecule has 0 saturated heterocycles. The van der Waals surface area contributed by atoms with Gasteiger partial charge in [0.2, 0.25) is 0 Å². The summed E-state index contributed by atoms with van der Waals surface area (Å²) in [6.45, 7) is 3.15. The van der Waals surface area contributed by atoms with Crippen molar-refractivity contribution in [1.82, 2.24) is 15.3 Å². The van der Waals surface area contributed by atoms with Gasteiger partial charge in [0.1, 0.15) is 19.4 Å². The molecule has 0 aliphatic carbocycles. The molecule has 172 valence electrons. The molecule has 0 fully saturated rings. The molecule has 1 N–H and O–H groups in total. The SMILES string of the molecule is CNC(=O)/C(=N/OC)c1cccc(C)c1CO/N=C(\C)c1cc(C(F)(F)F)nc(OC)n1. The Bertz CT molecular complexity index is 1040. The molecule has 2 rings (SSSR count). The van der Waals surface area contributed by atoms with E-state index in [0.29, 0.717) is 11.1 Å². The van der Waals surface area contributed by atoms with Crippen molar-refractivity contribution in [2.24, 2.45) is 10.3 Å². The van der Waals surface area contributed by atoms with Gasteiger partial charge in [-0.05, 0) is 25.5 Å². The maximum atomic E-state index is 13.1. The van der Waals surface area contributed by atoms with E-state index >= 15 is 0 Å². The smallest absolute Gasteiger partial charge is 0.433 e. The molecule has 0 spiro atoms. The first-order chi connectivity index (χ1) is 15.1. The van der Waals surface area contributed by atoms with E-state index < -0.39 is 23.8 Å². The number of hydrogen-bond donors (Lipinski definition) is 1. The third-order valence-electron chi connectivity index (χ3n) is 4.25. The zero-order chi connectivity index (χ0) is 23.9. The number of hydrogen-bond acceptors (Lipinski definition) is 8. The average molecular weight is 453 g/mol. The number of nitrogens with one attached hydrogen (secondary N) is 1. The third kappa shape index (κ3) is 5.93. The summed E-state index contributed by atoms with van der Waals surface area (Å²) in [5.41, 5.74) is 0.673. The highest BCUT2D eigenvalue weighted by Crippen LogP contribution is 2.29. The lowest BCUT2D eigenvalue weighted by Crippen LogP contribution is -2.29. The standard InChI is InChI=1S/C20H22F3N5O4/c1-11-7-6-8-13(17(28-31-5)18(29)24-3)14(11)10-32-27-12(2)15-9-16(20(21,22)23)26-19(25-15)30-4/h6-9H,10H2,1-5H3,(H,24,29)/b27-12+,28-17+. The first kappa shape index (κ1) is 24.6. The topological polar surface area (TPSA) is 107 Å². The molecule has 0 radical (unpaired) electrons. The number of carbonyl (C=O) groups is 1. The highest BCUT2D eigenvalue weighted by molar-refractivity contribution is 6.45. The largest absolute Gasteiger partial charge is 0.467 e. The van der Waals surface area contributed by atoms with Gasteiger partial charge in [-0.15, -0.1) is 0 Å². The van der Waals surface area contributed by atoms with Crippen LogP contribution < -0.4 is 10.1 Å². The summed E-state index contributed by atoms with van der Waals surface area (Å²) < 4.78 is 44.0. The predicted octanol–water partition coefficient (Wildman–Crippen LogP) is 2.85. The minimum atomic E-state index is -4.68. The van der Waals surface area contributed by atoms with E-state index in [0.717, 1.165) is 18.7 Å². The zero-order valence-electron chi connectivity index (χ0n) is 18.1. The summed E-state index contributed by atoms with van der Waals surface area (Å²) >= 11 is 0. The van der Waals surface area contributed by atoms with Gasteiger partial charge >= 0.3 is 12.2 Å². The van der Waals surface area contributed by atoms with Gasteiger partial charge in [0.15, 0.2) is 11.4 Å². The van der Waals surface area contributed by atoms with E-state index in [1.54, 1.807) is 25.1 Å². The number of carbonyl (C=O) groups excluding carboxylic acids is 1. The Kier molecular flexibility index (Phi) is 8.10. The maximum Gasteiger partial charge on any atom is 0.433 e. The molecule has 32 heavy (non-hydrogen) atoms. The van der Waals surface area contributed by atoms with Crippen molar-refractivity contribution >= 4 is 17.3 Å². The van der Waals surface area contributed by atoms with Crippen LogP contribution in [0.15, 0.2) is 34.6 Å². The molecular formula is C20H22F3N5O4. The summed E-state index contributed by atoms with van der Waals surface area (Å²) in [6, 6.07) is 5.51. The van der Waals surface area contributed by atoms with Crippen LogP contribution in [0.2, 0.25) is 0 Å². The quantitative estimate of drug-likeness (QED) is 0.487. The summed E-state index contributed by atoms with van der Waals surface area (Å²) in [4.78, 5) is 29.5. The third-order valence-corrected chi connectivity index (χ3v) is 4.25. The van der Waals surface area contributed by atoms with Gasteiger partial charge in [-0.1, -0.05) is 28.5 Å². The van der Waals surface area contributed by atoms with Crippen LogP contribution in [-0.4, -0.2) is 48.6 Å². The molecule has 1 aromatic heterocycles. The number of nitrogens with zero attached hydrogens (tertiary/aromatic N) is 4. The minimum Gasteiger partial charge on any atom is -0.467 e. The first-order valence-corrected chi connectivity index (χ1v) is 9.21. The number of halogens is 3. The van der Waals surface area contributed by atoms with Crippen molar-refractivity contribution in [1.29, 1.82) is 0 Å². The van der Waals surface area contributed by atoms with E-state index in [1.165, 1.54) is 21.1 Å². The molecule has 1 heterocycles. The number of likely N-dealkylation sites (N-methyl/N-ethyl adjacent to an activating group) is 1. The second kappa shape index (κ2) is 10.6. The van der Waals surface area contributed by atoms with Gasteiger partial charge in [-0.3, -0.25) is 4.79 Å². The minimum absolute atomic E-state index is 0.0355. The van der Waals surface area contributed by atoms with Gasteiger partial charge in [0.25, 0.3) is 5.91 Å². The highest BCUT2D eigenvalue weighted by atomic mass is 19.4. The van der Waals surface area contributed by atoms with Crippen molar-refractivity contribution < 1.29 is 32.4 Å². The fraction of sp³-hybridized carbons (Fsp3) is 0.350. The van der Waals surface area contributed by atoms with Crippen LogP contribution in [0.1, 0.15) is 35.0 Å². The number of amides is 1. The fourth-order valence-corrected chi connectivity index (χ4v) is 2.63. The molecule has 0 saturated carbocycles. The molecule has 0 unspecified atom stereocenters. The van der Waals surface area contributed by atoms with Gasteiger partial charge < -0.3 is 19.7 Å². The van der Waals surface area contributed by atoms with Crippen molar-refractivity contribution in [3.05, 3.63) is 52.3 Å². The van der Waals surface area contributed by atoms with Gasteiger partial charge in [0.05, 0.1) is 12.8 Å². The van der Waals surface area contributed by atoms with Crippen LogP contribution in [-0.2, 0) is 27.3 Å². The second-order valence-electron chi connectivity index (χ2n) is 6.38. The molecule has 2 aromatic rings. The Morgan fingerprint density at radius 3 is 2.50 bits per heavy atom. The Hall–Kier alpha value is -3.70. The Balaban J connectivity index is 2.34. The van der Waals surface area contributed by atoms with Crippen LogP contribution in [0, 0.1) is 6.92 Å². The van der Waals surface area contributed by atoms with Crippen molar-refractivity contribution in [3.8, 4) is 6.01 Å². The molecular weight excluding hydrogens is 431 g/mol. The lowest BCUT2D eigenvalue weighted by Gasteiger charge is -2.13. The van der Waals surface area contributed by atoms with Crippen molar-refractivity contribution in [3.63, 3.8) is 0 Å². The Morgan fingerprint density at radius 1 is 1.19 bits per heavy atom. The van der Waals surface area contributed by atoms with Crippen molar-refractivity contribution in [2.75, 3.05) is 21.3 Å². The number of oxime groups is 2. The zero-order valence-corrected chi connectivity index (χ0v) is 18.1. The summed E-state index contributed by atoms with van der Waals surface area (Å²) in [6.07, 6.45) is -4.68. The van der Waals surface area contributed by atoms with Gasteiger partial charge in [-0.2, -0.15) is 23.1 Å². The lowest BCUT2D eigenvalue weighted by molar-refractivity contribution is -0.141. The maximum absolute atomic E-state index is 13.1. The van der Waals surface area contributed by atoms with Crippen LogP contribution >= 0.6 is 0 Å². The fourth-order valence-electron chi connectivity index (χ4n) is 2.63. The van der Waals surface area contributed by atoms with E-state index in [1.807, 2.05) is 0 Å². The summed E-state index contributed by atoms with van der Waals surface area (Å²) in [5.74, 6) is -0.467. The summed E-state index contributed by atoms with van der Waals surface area (Å²) in [5, 5.41) is 10.1. The van der Waals surface area contributed by atoms with Crippen LogP contribution in [0.25, 0.3) is 0 Å². The van der Waals surface area contributed by atoms with Crippen LogP contribution in [0.3, 0.4) is 0 Å². The first-order valence-electron chi connectivity index (χ1n) is 9.21. The van der Waals surface area contributed by atoms with E-state index in [4.69, 9.17) is 14.4 Å². The number of benzene rings is 1. The van der Waals surface area contributed by atoms with Crippen LogP contribution in [0.5, 0.6) is 6.01 Å². The molecule has 0 aliphatic heterocycles. The average Bonchev–Trinajstić information content (AvgIpc) is 2.77. The number of aromatic nitrogens is 2. The Labute approximate surface area is 182 Å². The number of ether oxygens (including phenoxy) is 1. The van der Waals surface area contributed by atoms with Crippen molar-refractivity contribution in [2.45, 2.75) is 26.6 Å². The van der Waals surface area contributed by atoms with E-state index in [2.05, 4.69) is 25.6 Å². The number of aryl methyl sites for hydroxylation is 1. The van der Waals surface area contributed by atoms with E-state index in [9.17, 15) is 18.0 Å². The molecule has 9 nitrogen and oxygen atoms in total. The Morgan fingerprint density at radius 2 is 1.91 bits per heavy atom. The number of methoxy groups -OCH3 is 1. The van der Waals surface area contributed by atoms with Gasteiger partial charge in [0, 0.05) is 18.2 Å². The predicted molar refractivity (Wildman–Crippen MR) is 109 cm³/mol. The molecule has 1 amide bonds. The molecule has 0 aliphatic rings. The van der Waals surface area contributed by atoms with E-state index in [-0.39, 0.29) is 23.7 Å². The number of rotatable bonds is 8. The monoisotopic (exact) mass is 453 g/mol. The van der Waals surface area contributed by atoms with Gasteiger partial charge in [-0.25, -0.2) is 0 Å².